The van der Waals surface area contributed by atoms with Crippen LogP contribution in [0.5, 0.6) is 0 Å². The Morgan fingerprint density at radius 3 is 2.69 bits per heavy atom. The first-order chi connectivity index (χ1) is 15.4. The molecule has 4 rings (SSSR count). The van der Waals surface area contributed by atoms with E-state index >= 15 is 0 Å². The zero-order valence-electron chi connectivity index (χ0n) is 16.4. The molecule has 0 aliphatic carbocycles. The number of ether oxygens (including phenoxy) is 1. The number of carbonyl (C=O) groups excluding carboxylic acids is 1. The van der Waals surface area contributed by atoms with Crippen LogP contribution in [-0.2, 0) is 4.74 Å². The van der Waals surface area contributed by atoms with Gasteiger partial charge < -0.3 is 25.8 Å². The van der Waals surface area contributed by atoms with Gasteiger partial charge in [-0.3, -0.25) is 9.36 Å². The third-order valence-corrected chi connectivity index (χ3v) is 5.88. The molecule has 1 fully saturated rings. The summed E-state index contributed by atoms with van der Waals surface area (Å²) in [5.74, 6) is -0.143. The monoisotopic (exact) mass is 458 g/mol. The third kappa shape index (κ3) is 3.98. The summed E-state index contributed by atoms with van der Waals surface area (Å²) < 4.78 is 7.06. The van der Waals surface area contributed by atoms with Crippen molar-refractivity contribution in [2.75, 3.05) is 18.1 Å². The number of aliphatic hydroxyl groups excluding tert-OH is 3. The molecule has 0 spiro atoms. The van der Waals surface area contributed by atoms with E-state index in [0.29, 0.717) is 11.3 Å². The molecule has 0 radical (unpaired) electrons. The fraction of sp³-hybridized carbons (Fsp3) is 0.333. The van der Waals surface area contributed by atoms with E-state index in [1.54, 1.807) is 12.1 Å². The fourth-order valence-electron chi connectivity index (χ4n) is 3.31. The van der Waals surface area contributed by atoms with E-state index < -0.39 is 31.1 Å². The van der Waals surface area contributed by atoms with Crippen LogP contribution in [0.1, 0.15) is 16.6 Å². The molecule has 2 aromatic heterocycles. The average Bonchev–Trinajstić information content (AvgIpc) is 3.30. The first kappa shape index (κ1) is 22.0. The van der Waals surface area contributed by atoms with Crippen LogP contribution in [0.3, 0.4) is 0 Å². The topological polar surface area (TPSA) is 205 Å². The molecule has 2 unspecified atom stereocenters. The summed E-state index contributed by atoms with van der Waals surface area (Å²) in [6, 6.07) is 6.15. The molecule has 1 saturated heterocycles. The van der Waals surface area contributed by atoms with Gasteiger partial charge in [0.2, 0.25) is 0 Å². The molecule has 13 nitrogen and oxygen atoms in total. The zero-order chi connectivity index (χ0) is 22.8. The molecule has 1 aliphatic heterocycles. The summed E-state index contributed by atoms with van der Waals surface area (Å²) in [5.41, 5.74) is 15.7. The van der Waals surface area contributed by atoms with Gasteiger partial charge in [-0.25, -0.2) is 15.0 Å². The van der Waals surface area contributed by atoms with Crippen LogP contribution in [0.25, 0.3) is 21.6 Å². The van der Waals surface area contributed by atoms with Crippen LogP contribution in [0, 0.1) is 0 Å². The molecule has 32 heavy (non-hydrogen) atoms. The van der Waals surface area contributed by atoms with Crippen molar-refractivity contribution in [3.8, 4) is 0 Å². The number of nitrogens with two attached hydrogens (primary N) is 1. The van der Waals surface area contributed by atoms with Crippen LogP contribution >= 0.6 is 11.8 Å². The van der Waals surface area contributed by atoms with E-state index in [1.807, 2.05) is 0 Å². The Labute approximate surface area is 184 Å². The minimum Gasteiger partial charge on any atom is -0.394 e. The molecule has 5 N–H and O–H groups in total. The van der Waals surface area contributed by atoms with Gasteiger partial charge in [-0.2, -0.15) is 0 Å². The van der Waals surface area contributed by atoms with Crippen molar-refractivity contribution < 1.29 is 24.9 Å². The van der Waals surface area contributed by atoms with Gasteiger partial charge in [0.05, 0.1) is 12.4 Å². The smallest absolute Gasteiger partial charge is 0.173 e. The lowest BCUT2D eigenvalue weighted by Crippen LogP contribution is -2.33. The van der Waals surface area contributed by atoms with Crippen molar-refractivity contribution in [3.63, 3.8) is 0 Å². The lowest BCUT2D eigenvalue weighted by Gasteiger charge is -2.19. The summed E-state index contributed by atoms with van der Waals surface area (Å²) in [7, 11) is 0. The number of thioether (sulfide) groups is 1. The first-order valence-electron chi connectivity index (χ1n) is 9.36. The second-order valence-electron chi connectivity index (χ2n) is 6.87. The van der Waals surface area contributed by atoms with Gasteiger partial charge in [0.1, 0.15) is 24.6 Å². The Kier molecular flexibility index (Phi) is 6.23. The number of azide groups is 1. The van der Waals surface area contributed by atoms with Crippen molar-refractivity contribution in [2.45, 2.75) is 29.7 Å². The van der Waals surface area contributed by atoms with Gasteiger partial charge >= 0.3 is 0 Å². The lowest BCUT2D eigenvalue weighted by atomic mass is 10.1. The first-order valence-corrected chi connectivity index (χ1v) is 10.3. The maximum atomic E-state index is 12.6. The molecule has 1 aromatic carbocycles. The minimum absolute atomic E-state index is 0.0215. The number of rotatable bonds is 7. The highest BCUT2D eigenvalue weighted by atomic mass is 32.2. The van der Waals surface area contributed by atoms with E-state index in [4.69, 9.17) is 16.0 Å². The maximum absolute atomic E-state index is 12.6. The van der Waals surface area contributed by atoms with E-state index in [2.05, 4.69) is 25.0 Å². The quantitative estimate of drug-likeness (QED) is 0.129. The number of benzene rings is 1. The fourth-order valence-corrected chi connectivity index (χ4v) is 4.22. The van der Waals surface area contributed by atoms with Crippen molar-refractivity contribution in [3.05, 3.63) is 46.6 Å². The number of Topliss-reactive ketones (excluding diaryl/α,β-unsaturated/α-hetero) is 1. The number of aromatic nitrogens is 4. The number of nitrogens with zero attached hydrogens (tertiary/aromatic N) is 7. The Bertz CT molecular complexity index is 1200. The van der Waals surface area contributed by atoms with Crippen molar-refractivity contribution in [1.82, 2.24) is 19.5 Å². The summed E-state index contributed by atoms with van der Waals surface area (Å²) in [4.78, 5) is 27.8. The second kappa shape index (κ2) is 9.08. The minimum atomic E-state index is -1.37. The van der Waals surface area contributed by atoms with Gasteiger partial charge in [-0.15, -0.1) is 0 Å². The van der Waals surface area contributed by atoms with Crippen molar-refractivity contribution >= 4 is 40.2 Å². The number of hydrogen-bond donors (Lipinski definition) is 4. The Morgan fingerprint density at radius 2 is 2.03 bits per heavy atom. The van der Waals surface area contributed by atoms with Gasteiger partial charge in [-0.1, -0.05) is 41.1 Å². The highest BCUT2D eigenvalue weighted by Gasteiger charge is 2.45. The zero-order valence-corrected chi connectivity index (χ0v) is 17.2. The molecule has 0 saturated carbocycles. The molecule has 4 atom stereocenters. The summed E-state index contributed by atoms with van der Waals surface area (Å²) in [5, 5.41) is 33.8. The summed E-state index contributed by atoms with van der Waals surface area (Å²) in [6.45, 7) is -0.495. The SMILES string of the molecule is [N-]=[N+]=Nc1ccc(C(=O)CSc2nc3c(N)ncnc3n2[C@@H]2O[C@H](CO)C(O)C2O)cc1. The largest absolute Gasteiger partial charge is 0.394 e. The number of imidazole rings is 1. The normalized spacial score (nSPS) is 22.7. The number of carbonyl (C=O) groups is 1. The van der Waals surface area contributed by atoms with Crippen LogP contribution in [0.15, 0.2) is 40.9 Å². The maximum Gasteiger partial charge on any atom is 0.173 e. The Morgan fingerprint density at radius 1 is 1.28 bits per heavy atom. The summed E-state index contributed by atoms with van der Waals surface area (Å²) in [6.07, 6.45) is -3.58. The molecule has 3 aromatic rings. The van der Waals surface area contributed by atoms with E-state index in [9.17, 15) is 20.1 Å². The van der Waals surface area contributed by atoms with Crippen LogP contribution in [0.2, 0.25) is 0 Å². The van der Waals surface area contributed by atoms with E-state index in [1.165, 1.54) is 23.0 Å². The molecular weight excluding hydrogens is 440 g/mol. The van der Waals surface area contributed by atoms with E-state index in [0.717, 1.165) is 11.8 Å². The number of fused-ring (bicyclic) bond motifs is 1. The van der Waals surface area contributed by atoms with Gasteiger partial charge in [-0.05, 0) is 5.53 Å². The number of hydrogen-bond acceptors (Lipinski definition) is 11. The molecule has 3 heterocycles. The predicted octanol–water partition coefficient (Wildman–Crippen LogP) is 0.937. The number of ketones is 1. The lowest BCUT2D eigenvalue weighted by molar-refractivity contribution is -0.0548. The van der Waals surface area contributed by atoms with Crippen molar-refractivity contribution in [1.29, 1.82) is 0 Å². The van der Waals surface area contributed by atoms with Gasteiger partial charge in [0, 0.05) is 16.2 Å². The molecule has 1 aliphatic rings. The highest BCUT2D eigenvalue weighted by molar-refractivity contribution is 7.99. The van der Waals surface area contributed by atoms with E-state index in [-0.39, 0.29) is 33.7 Å². The standard InChI is InChI=1S/C18H18N8O5S/c19-15-12-16(22-7-21-15)26(17-14(30)13(29)11(5-27)31-17)18(23-12)32-6-10(28)8-1-3-9(4-2-8)24-25-20/h1-4,7,11,13-14,17,27,29-30H,5-6H2,(H2,19,21,22)/t11-,13?,14?,17-/m1/s1. The molecular formula is C18H18N8O5S. The van der Waals surface area contributed by atoms with Crippen LogP contribution < -0.4 is 5.73 Å². The number of aliphatic hydroxyl groups is 3. The summed E-state index contributed by atoms with van der Waals surface area (Å²) >= 11 is 1.06. The Balaban J connectivity index is 1.64. The Hall–Kier alpha value is -3.26. The highest BCUT2D eigenvalue weighted by Crippen LogP contribution is 2.36. The molecule has 166 valence electrons. The average molecular weight is 458 g/mol. The van der Waals surface area contributed by atoms with Crippen LogP contribution in [0.4, 0.5) is 11.5 Å². The predicted molar refractivity (Wildman–Crippen MR) is 113 cm³/mol. The molecule has 0 amide bonds. The number of anilines is 1. The number of nitrogen functional groups attached to an aromatic ring is 1. The van der Waals surface area contributed by atoms with Crippen molar-refractivity contribution in [2.24, 2.45) is 5.11 Å². The third-order valence-electron chi connectivity index (χ3n) is 4.93. The van der Waals surface area contributed by atoms with Gasteiger partial charge in [0.15, 0.2) is 34.1 Å². The second-order valence-corrected chi connectivity index (χ2v) is 7.82. The molecule has 14 heteroatoms. The molecule has 0 bridgehead atoms. The van der Waals surface area contributed by atoms with Gasteiger partial charge in [0.25, 0.3) is 0 Å². The van der Waals surface area contributed by atoms with Crippen LogP contribution in [-0.4, -0.2) is 71.3 Å².